The van der Waals surface area contributed by atoms with Gasteiger partial charge in [0.1, 0.15) is 18.3 Å². The summed E-state index contributed by atoms with van der Waals surface area (Å²) in [4.78, 5) is 27.8. The minimum atomic E-state index is -1.11. The van der Waals surface area contributed by atoms with Gasteiger partial charge < -0.3 is 21.5 Å². The van der Waals surface area contributed by atoms with Gasteiger partial charge in [-0.3, -0.25) is 29.6 Å². The van der Waals surface area contributed by atoms with Crippen LogP contribution in [-0.4, -0.2) is 45.6 Å². The van der Waals surface area contributed by atoms with Crippen molar-refractivity contribution >= 4 is 29.8 Å². The summed E-state index contributed by atoms with van der Waals surface area (Å²) in [6.45, 7) is 15.3. The van der Waals surface area contributed by atoms with Crippen molar-refractivity contribution in [3.63, 3.8) is 0 Å². The fourth-order valence-electron chi connectivity index (χ4n) is 2.28. The number of rotatable bonds is 8. The molecule has 1 heterocycles. The average Bonchev–Trinajstić information content (AvgIpc) is 3.44. The third kappa shape index (κ3) is 8.09. The molecule has 0 bridgehead atoms. The number of aliphatic hydroxyl groups is 1. The summed E-state index contributed by atoms with van der Waals surface area (Å²) in [7, 11) is 0. The van der Waals surface area contributed by atoms with Crippen LogP contribution in [0.3, 0.4) is 0 Å². The van der Waals surface area contributed by atoms with Crippen molar-refractivity contribution < 1.29 is 33.2 Å². The number of anilines is 1. The number of hydrogen-bond donors (Lipinski definition) is 4. The van der Waals surface area contributed by atoms with Crippen LogP contribution in [0.15, 0.2) is 45.3 Å². The number of amides is 1. The second kappa shape index (κ2) is 12.1. The maximum atomic E-state index is 13.0. The number of carbonyl (C=O) groups excluding carboxylic acids is 1. The van der Waals surface area contributed by atoms with Crippen molar-refractivity contribution in [2.75, 3.05) is 5.32 Å². The van der Waals surface area contributed by atoms with E-state index in [0.29, 0.717) is 12.0 Å². The summed E-state index contributed by atoms with van der Waals surface area (Å²) in [6, 6.07) is 1.39. The number of aliphatic imine (C=N–C) groups is 2. The summed E-state index contributed by atoms with van der Waals surface area (Å²) in [5, 5.41) is 15.0. The van der Waals surface area contributed by atoms with E-state index in [-0.39, 0.29) is 54.1 Å². The number of aromatic nitrogens is 2. The van der Waals surface area contributed by atoms with E-state index in [1.165, 1.54) is 18.5 Å². The number of aliphatic hydroxyl groups excluding tert-OH is 1. The first-order valence-electron chi connectivity index (χ1n) is 9.23. The van der Waals surface area contributed by atoms with Crippen LogP contribution in [0, 0.1) is 19.1 Å². The summed E-state index contributed by atoms with van der Waals surface area (Å²) < 4.78 is 13.0. The molecule has 9 nitrogen and oxygen atoms in total. The molecule has 0 radical (unpaired) electrons. The van der Waals surface area contributed by atoms with Crippen molar-refractivity contribution in [1.82, 2.24) is 15.3 Å². The van der Waals surface area contributed by atoms with Crippen molar-refractivity contribution in [2.45, 2.75) is 39.0 Å². The molecule has 160 valence electrons. The molecule has 1 aromatic heterocycles. The third-order valence-electron chi connectivity index (χ3n) is 4.20. The Morgan fingerprint density at radius 3 is 2.74 bits per heavy atom. The van der Waals surface area contributed by atoms with Crippen LogP contribution in [-0.2, 0) is 4.79 Å². The Morgan fingerprint density at radius 2 is 2.16 bits per heavy atom. The number of nitrogens with one attached hydrogen (secondary N) is 2. The van der Waals surface area contributed by atoms with Crippen LogP contribution in [0.25, 0.3) is 0 Å². The predicted molar refractivity (Wildman–Crippen MR) is 112 cm³/mol. The molecule has 1 aromatic rings. The summed E-state index contributed by atoms with van der Waals surface area (Å²) >= 11 is 0. The van der Waals surface area contributed by atoms with Crippen molar-refractivity contribution in [3.05, 3.63) is 48.5 Å². The normalized spacial score (nSPS) is 19.4. The maximum Gasteiger partial charge on any atom is 1.00 e. The topological polar surface area (TPSA) is 138 Å². The minimum absolute atomic E-state index is 0. The zero-order valence-electron chi connectivity index (χ0n) is 17.7. The number of nitrogens with zero attached hydrogens (tertiary/aromatic N) is 4. The number of allylic oxidation sites excluding steroid dienone is 1. The maximum absolute atomic E-state index is 13.0. The Morgan fingerprint density at radius 1 is 1.48 bits per heavy atom. The molecule has 0 aromatic carbocycles. The molecule has 2 rings (SSSR count). The van der Waals surface area contributed by atoms with Crippen LogP contribution >= 0.6 is 0 Å². The molecule has 1 aliphatic rings. The molecule has 1 saturated carbocycles. The van der Waals surface area contributed by atoms with Crippen LogP contribution in [0.1, 0.15) is 26.7 Å². The van der Waals surface area contributed by atoms with Crippen molar-refractivity contribution in [1.29, 1.82) is 0 Å². The van der Waals surface area contributed by atoms with E-state index in [1.807, 2.05) is 0 Å². The molecule has 3 atom stereocenters. The summed E-state index contributed by atoms with van der Waals surface area (Å²) in [5.74, 6) is -0.753. The summed E-state index contributed by atoms with van der Waals surface area (Å²) in [6.07, 6.45) is 2.52. The molecule has 5 N–H and O–H groups in total. The molecule has 0 saturated heterocycles. The van der Waals surface area contributed by atoms with E-state index in [9.17, 15) is 14.3 Å². The molecule has 31 heavy (non-hydrogen) atoms. The van der Waals surface area contributed by atoms with Crippen molar-refractivity contribution in [2.24, 2.45) is 21.6 Å². The molecular weight excluding hydrogens is 396 g/mol. The number of nitrogens with two attached hydrogens (primary N) is 1. The fraction of sp³-hybridized carbons (Fsp3) is 0.350. The number of carbonyl (C=O) groups is 1. The number of guanidine groups is 1. The van der Waals surface area contributed by atoms with E-state index in [2.05, 4.69) is 30.6 Å². The van der Waals surface area contributed by atoms with Gasteiger partial charge in [-0.15, -0.1) is 6.92 Å². The van der Waals surface area contributed by atoms with Gasteiger partial charge in [-0.05, 0) is 12.8 Å². The van der Waals surface area contributed by atoms with E-state index in [1.54, 1.807) is 13.8 Å². The zero-order valence-corrected chi connectivity index (χ0v) is 17.7. The smallest absolute Gasteiger partial charge is 0.392 e. The van der Waals surface area contributed by atoms with E-state index in [4.69, 9.17) is 18.9 Å². The molecule has 0 spiro atoms. The van der Waals surface area contributed by atoms with Gasteiger partial charge >= 0.3 is 18.9 Å². The van der Waals surface area contributed by atoms with Crippen LogP contribution in [0.2, 0.25) is 0 Å². The first kappa shape index (κ1) is 26.2. The fourth-order valence-corrected chi connectivity index (χ4v) is 2.28. The molecule has 11 heteroatoms. The quantitative estimate of drug-likeness (QED) is 0.136. The van der Waals surface area contributed by atoms with E-state index < -0.39 is 24.1 Å². The number of halogens is 1. The average molecular weight is 420 g/mol. The molecule has 1 fully saturated rings. The minimum Gasteiger partial charge on any atom is -0.392 e. The molecule has 1 aliphatic carbocycles. The Kier molecular flexibility index (Phi) is 10.3. The second-order valence-corrected chi connectivity index (χ2v) is 6.61. The zero-order chi connectivity index (χ0) is 22.3. The van der Waals surface area contributed by atoms with E-state index in [0.717, 1.165) is 6.34 Å². The van der Waals surface area contributed by atoms with Gasteiger partial charge in [-0.1, -0.05) is 6.92 Å². The Hall–Kier alpha value is -2.80. The molecule has 1 amide bonds. The van der Waals surface area contributed by atoms with Crippen LogP contribution < -0.4 is 35.2 Å². The monoisotopic (exact) mass is 420 g/mol. The number of alkyl halides is 1. The first-order chi connectivity index (χ1) is 14.2. The molecular formula is C20H24FLiN7O2-. The van der Waals surface area contributed by atoms with Gasteiger partial charge in [-0.2, -0.15) is 10.7 Å². The largest absolute Gasteiger partial charge is 1.00 e. The van der Waals surface area contributed by atoms with Crippen molar-refractivity contribution in [3.8, 4) is 0 Å². The molecule has 3 unspecified atom stereocenters. The standard InChI is InChI=1S/C20H24FN7O2.Li/c1-5-16(29)12(3)6-11(2)13(4)26-20(23-9-22)28-18-8-17(24-10-25-18)27-19(30)14-7-15(14)21;/h3-4,6,8-10,14-16,29H,5,7H2,1-2H3,(H4,22,23,24,25,26,27,28,30);/q-2;+1/b11-6-;. The predicted octanol–water partition coefficient (Wildman–Crippen LogP) is -1.27. The number of hydrogen-bond acceptors (Lipinski definition) is 5. The second-order valence-electron chi connectivity index (χ2n) is 6.61. The van der Waals surface area contributed by atoms with Crippen LogP contribution in [0.4, 0.5) is 16.0 Å². The SMILES string of the molecule is [CH-]=C(NC(=Nc1cc(NC(=O)C2CC2F)ncn1)/N=C\N)/C(C)=C\C(=[CH-])C(O)CC.[Li+]. The Labute approximate surface area is 192 Å². The Balaban J connectivity index is 0.00000480. The summed E-state index contributed by atoms with van der Waals surface area (Å²) in [5.41, 5.74) is 6.35. The van der Waals surface area contributed by atoms with Gasteiger partial charge in [0.2, 0.25) is 11.9 Å². The van der Waals surface area contributed by atoms with Crippen LogP contribution in [0.5, 0.6) is 0 Å². The van der Waals surface area contributed by atoms with Gasteiger partial charge in [0.25, 0.3) is 0 Å². The van der Waals surface area contributed by atoms with Gasteiger partial charge in [0.15, 0.2) is 5.82 Å². The Bertz CT molecular complexity index is 917. The third-order valence-corrected chi connectivity index (χ3v) is 4.20. The van der Waals surface area contributed by atoms with Gasteiger partial charge in [-0.25, -0.2) is 24.9 Å². The van der Waals surface area contributed by atoms with Gasteiger partial charge in [0.05, 0.1) is 12.3 Å². The first-order valence-corrected chi connectivity index (χ1v) is 9.23. The molecule has 0 aliphatic heterocycles. The van der Waals surface area contributed by atoms with E-state index >= 15 is 0 Å². The van der Waals surface area contributed by atoms with Gasteiger partial charge in [0, 0.05) is 12.2 Å².